The lowest BCUT2D eigenvalue weighted by atomic mass is 10.0. The molecule has 1 fully saturated rings. The van der Waals surface area contributed by atoms with Crippen LogP contribution in [-0.2, 0) is 0 Å². The molecule has 4 rings (SSSR count). The zero-order valence-electron chi connectivity index (χ0n) is 12.8. The van der Waals surface area contributed by atoms with Crippen LogP contribution in [0.3, 0.4) is 0 Å². The van der Waals surface area contributed by atoms with E-state index in [4.69, 9.17) is 0 Å². The summed E-state index contributed by atoms with van der Waals surface area (Å²) in [6.07, 6.45) is 2.31. The van der Waals surface area contributed by atoms with E-state index in [2.05, 4.69) is 52.4 Å². The molecular weight excluding hydrogens is 282 g/mol. The van der Waals surface area contributed by atoms with Gasteiger partial charge >= 0.3 is 0 Å². The van der Waals surface area contributed by atoms with Gasteiger partial charge in [-0.05, 0) is 30.5 Å². The molecule has 3 aromatic rings. The van der Waals surface area contributed by atoms with Crippen molar-refractivity contribution in [3.63, 3.8) is 0 Å². The molecule has 0 saturated carbocycles. The molecule has 0 spiro atoms. The van der Waals surface area contributed by atoms with Gasteiger partial charge in [0.1, 0.15) is 11.8 Å². The molecule has 2 heterocycles. The fourth-order valence-corrected chi connectivity index (χ4v) is 3.53. The molecular formula is C20H17N3. The van der Waals surface area contributed by atoms with Gasteiger partial charge in [0.2, 0.25) is 0 Å². The smallest absolute Gasteiger partial charge is 0.143 e. The molecule has 1 saturated heterocycles. The van der Waals surface area contributed by atoms with E-state index in [0.29, 0.717) is 11.7 Å². The molecule has 0 aliphatic carbocycles. The summed E-state index contributed by atoms with van der Waals surface area (Å²) >= 11 is 0. The number of rotatable bonds is 2. The highest BCUT2D eigenvalue weighted by Crippen LogP contribution is 2.39. The van der Waals surface area contributed by atoms with Crippen LogP contribution in [0.1, 0.15) is 30.1 Å². The maximum Gasteiger partial charge on any atom is 0.143 e. The van der Waals surface area contributed by atoms with Crippen molar-refractivity contribution in [2.24, 2.45) is 0 Å². The summed E-state index contributed by atoms with van der Waals surface area (Å²) in [6.45, 7) is 1.01. The van der Waals surface area contributed by atoms with Crippen molar-refractivity contribution in [1.82, 2.24) is 4.98 Å². The van der Waals surface area contributed by atoms with Gasteiger partial charge in [0.25, 0.3) is 0 Å². The third-order valence-corrected chi connectivity index (χ3v) is 4.56. The average Bonchev–Trinajstić information content (AvgIpc) is 3.11. The quantitative estimate of drug-likeness (QED) is 0.702. The Bertz CT molecular complexity index is 880. The summed E-state index contributed by atoms with van der Waals surface area (Å²) in [5.41, 5.74) is 3.83. The second-order valence-electron chi connectivity index (χ2n) is 5.92. The van der Waals surface area contributed by atoms with Crippen LogP contribution >= 0.6 is 0 Å². The van der Waals surface area contributed by atoms with E-state index in [1.54, 1.807) is 0 Å². The average molecular weight is 299 g/mol. The van der Waals surface area contributed by atoms with Crippen molar-refractivity contribution >= 4 is 16.6 Å². The van der Waals surface area contributed by atoms with Crippen molar-refractivity contribution in [2.75, 3.05) is 11.4 Å². The van der Waals surface area contributed by atoms with Crippen molar-refractivity contribution in [1.29, 1.82) is 5.26 Å². The van der Waals surface area contributed by atoms with Crippen LogP contribution in [0.5, 0.6) is 0 Å². The summed E-state index contributed by atoms with van der Waals surface area (Å²) in [5, 5.41) is 10.4. The molecule has 1 aromatic heterocycles. The van der Waals surface area contributed by atoms with E-state index < -0.39 is 0 Å². The van der Waals surface area contributed by atoms with E-state index in [-0.39, 0.29) is 0 Å². The first-order valence-corrected chi connectivity index (χ1v) is 7.98. The molecule has 0 bridgehead atoms. The lowest BCUT2D eigenvalue weighted by molar-refractivity contribution is 0.721. The summed E-state index contributed by atoms with van der Waals surface area (Å²) in [4.78, 5) is 6.87. The third kappa shape index (κ3) is 2.43. The van der Waals surface area contributed by atoms with Gasteiger partial charge in [0, 0.05) is 17.6 Å². The molecule has 1 aliphatic rings. The van der Waals surface area contributed by atoms with E-state index in [1.165, 1.54) is 5.56 Å². The zero-order chi connectivity index (χ0) is 15.6. The van der Waals surface area contributed by atoms with Gasteiger partial charge in [-0.15, -0.1) is 0 Å². The predicted octanol–water partition coefficient (Wildman–Crippen LogP) is 4.45. The Balaban J connectivity index is 1.86. The number of nitriles is 1. The summed E-state index contributed by atoms with van der Waals surface area (Å²) < 4.78 is 0. The van der Waals surface area contributed by atoms with Crippen LogP contribution in [0.25, 0.3) is 10.9 Å². The van der Waals surface area contributed by atoms with Crippen LogP contribution < -0.4 is 4.90 Å². The number of nitrogens with zero attached hydrogens (tertiary/aromatic N) is 3. The van der Waals surface area contributed by atoms with Crippen LogP contribution in [0.15, 0.2) is 60.7 Å². The number of hydrogen-bond acceptors (Lipinski definition) is 3. The van der Waals surface area contributed by atoms with Crippen molar-refractivity contribution in [3.05, 3.63) is 71.9 Å². The van der Waals surface area contributed by atoms with Crippen LogP contribution in [0.4, 0.5) is 5.69 Å². The molecule has 2 aromatic carbocycles. The van der Waals surface area contributed by atoms with Crippen LogP contribution in [-0.4, -0.2) is 11.5 Å². The van der Waals surface area contributed by atoms with Crippen LogP contribution in [0.2, 0.25) is 0 Å². The Morgan fingerprint density at radius 1 is 1.04 bits per heavy atom. The highest BCUT2D eigenvalue weighted by Gasteiger charge is 2.27. The minimum absolute atomic E-state index is 0.369. The number of pyridine rings is 1. The predicted molar refractivity (Wildman–Crippen MR) is 92.2 cm³/mol. The number of hydrogen-bond donors (Lipinski definition) is 0. The number of aromatic nitrogens is 1. The summed E-state index contributed by atoms with van der Waals surface area (Å²) in [6, 6.07) is 23.2. The number of para-hydroxylation sites is 1. The second-order valence-corrected chi connectivity index (χ2v) is 5.92. The van der Waals surface area contributed by atoms with E-state index in [1.807, 2.05) is 24.3 Å². The van der Waals surface area contributed by atoms with E-state index in [9.17, 15) is 5.26 Å². The first-order chi connectivity index (χ1) is 11.4. The van der Waals surface area contributed by atoms with E-state index >= 15 is 0 Å². The minimum Gasteiger partial charge on any atom is -0.364 e. The number of anilines is 1. The normalized spacial score (nSPS) is 17.3. The zero-order valence-corrected chi connectivity index (χ0v) is 12.8. The molecule has 112 valence electrons. The molecule has 1 atom stereocenters. The van der Waals surface area contributed by atoms with Crippen molar-refractivity contribution in [2.45, 2.75) is 18.9 Å². The van der Waals surface area contributed by atoms with Crippen molar-refractivity contribution < 1.29 is 0 Å². The Morgan fingerprint density at radius 2 is 1.83 bits per heavy atom. The van der Waals surface area contributed by atoms with Gasteiger partial charge in [-0.25, -0.2) is 4.98 Å². The molecule has 3 nitrogen and oxygen atoms in total. The highest BCUT2D eigenvalue weighted by atomic mass is 15.2. The monoisotopic (exact) mass is 299 g/mol. The summed E-state index contributed by atoms with van der Waals surface area (Å²) in [5.74, 6) is 0. The van der Waals surface area contributed by atoms with Gasteiger partial charge in [-0.1, -0.05) is 48.5 Å². The van der Waals surface area contributed by atoms with Gasteiger partial charge in [-0.3, -0.25) is 0 Å². The number of benzene rings is 2. The molecule has 0 amide bonds. The highest BCUT2D eigenvalue weighted by molar-refractivity contribution is 5.92. The lowest BCUT2D eigenvalue weighted by Gasteiger charge is -2.28. The summed E-state index contributed by atoms with van der Waals surface area (Å²) in [7, 11) is 0. The lowest BCUT2D eigenvalue weighted by Crippen LogP contribution is -2.23. The fraction of sp³-hybridized carbons (Fsp3) is 0.200. The maximum atomic E-state index is 9.32. The molecule has 0 N–H and O–H groups in total. The van der Waals surface area contributed by atoms with Gasteiger partial charge in [0.15, 0.2) is 0 Å². The Labute approximate surface area is 135 Å². The second kappa shape index (κ2) is 5.73. The largest absolute Gasteiger partial charge is 0.364 e. The Hall–Kier alpha value is -2.86. The minimum atomic E-state index is 0.369. The fourth-order valence-electron chi connectivity index (χ4n) is 3.53. The molecule has 23 heavy (non-hydrogen) atoms. The Morgan fingerprint density at radius 3 is 2.65 bits per heavy atom. The topological polar surface area (TPSA) is 39.9 Å². The van der Waals surface area contributed by atoms with Crippen LogP contribution in [0, 0.1) is 11.3 Å². The number of fused-ring (bicyclic) bond motifs is 1. The molecule has 3 heteroatoms. The van der Waals surface area contributed by atoms with E-state index in [0.717, 1.165) is 36.0 Å². The van der Waals surface area contributed by atoms with Crippen molar-refractivity contribution in [3.8, 4) is 6.07 Å². The SMILES string of the molecule is N#Cc1cc(N2CCCC2c2ccccc2)c2ccccc2n1. The Kier molecular flexibility index (Phi) is 3.44. The first kappa shape index (κ1) is 13.8. The standard InChI is InChI=1S/C20H17N3/c21-14-16-13-20(17-9-4-5-10-18(17)22-16)23-12-6-11-19(23)15-7-2-1-3-8-15/h1-5,7-10,13,19H,6,11-12H2. The van der Waals surface area contributed by atoms with Gasteiger partial charge in [-0.2, -0.15) is 5.26 Å². The molecule has 1 unspecified atom stereocenters. The third-order valence-electron chi connectivity index (χ3n) is 4.56. The molecule has 0 radical (unpaired) electrons. The maximum absolute atomic E-state index is 9.32. The van der Waals surface area contributed by atoms with Gasteiger partial charge < -0.3 is 4.90 Å². The van der Waals surface area contributed by atoms with Gasteiger partial charge in [0.05, 0.1) is 11.6 Å². The molecule has 1 aliphatic heterocycles. The first-order valence-electron chi connectivity index (χ1n) is 7.98.